The largest absolute Gasteiger partial charge is 0.394 e. The van der Waals surface area contributed by atoms with Gasteiger partial charge in [0.05, 0.1) is 37.9 Å². The molecular formula is C68H117F4N9O14. The maximum atomic E-state index is 15.4. The lowest BCUT2D eigenvalue weighted by molar-refractivity contribution is -0.405. The number of carbonyl (C=O) groups is 11. The second kappa shape index (κ2) is 36.8. The third-order valence-electron chi connectivity index (χ3n) is 18.8. The Balaban J connectivity index is 3.06. The van der Waals surface area contributed by atoms with Gasteiger partial charge in [-0.25, -0.2) is 0 Å². The molecule has 8 amide bonds. The second-order valence-corrected chi connectivity index (χ2v) is 29.5. The molecule has 0 saturated carbocycles. The van der Waals surface area contributed by atoms with Crippen molar-refractivity contribution in [3.63, 3.8) is 0 Å². The molecule has 0 unspecified atom stereocenters. The van der Waals surface area contributed by atoms with Crippen LogP contribution in [0.5, 0.6) is 0 Å². The van der Waals surface area contributed by atoms with Crippen LogP contribution in [0.3, 0.4) is 0 Å². The Morgan fingerprint density at radius 2 is 0.874 bits per heavy atom. The number of nitrogens with zero attached hydrogens (tertiary/aromatic N) is 8. The molecule has 2 rings (SSSR count). The highest BCUT2D eigenvalue weighted by molar-refractivity contribution is 6.00. The van der Waals surface area contributed by atoms with Gasteiger partial charge in [-0.15, -0.1) is 0 Å². The zero-order valence-corrected chi connectivity index (χ0v) is 61.0. The summed E-state index contributed by atoms with van der Waals surface area (Å²) in [6.45, 7) is 23.4. The first-order chi connectivity index (χ1) is 43.6. The first-order valence-corrected chi connectivity index (χ1v) is 33.8. The maximum Gasteiger partial charge on any atom is 0.372 e. The van der Waals surface area contributed by atoms with E-state index in [1.54, 1.807) is 34.6 Å². The van der Waals surface area contributed by atoms with Crippen molar-refractivity contribution in [1.82, 2.24) is 44.5 Å². The summed E-state index contributed by atoms with van der Waals surface area (Å²) in [6, 6.07) is -10.9. The normalized spacial score (nSPS) is 28.6. The van der Waals surface area contributed by atoms with Crippen molar-refractivity contribution in [2.45, 2.75) is 235 Å². The van der Waals surface area contributed by atoms with Crippen molar-refractivity contribution < 1.29 is 85.3 Å². The Morgan fingerprint density at radius 1 is 0.484 bits per heavy atom. The Bertz CT molecular complexity index is 2630. The van der Waals surface area contributed by atoms with E-state index in [0.29, 0.717) is 0 Å². The van der Waals surface area contributed by atoms with Crippen LogP contribution in [0, 0.1) is 59.2 Å². The standard InChI is InChI=1S/C68H117F4N9O14/c1-24-46-32-55(85)57(58(86)43(14)25-26-81-35-67(69,70)95-68(71,72)36-81)80(23)66(94)56(42(12)13)79(22)64(92)51(30-40(8)9)77(20)63(91)50(29-39(6)7)76(19)60(88)45(16)73-59(87)44(15)31-53(83)48(27-37(2)3)74(17)62(90)47(41(10)11)33-54(84)49(28-38(4)5)75(18)65(93)52(34-82)78(21)61(46)89/h37-52,56-58,82,86H,24-36H2,1-23H3,(H,73,87)/t43-,44+,45+,46+,47-,48-,49+,50-,51-,52-,56-,57+,58-/m1/s1. The van der Waals surface area contributed by atoms with Crippen LogP contribution in [0.1, 0.15) is 169 Å². The predicted molar refractivity (Wildman–Crippen MR) is 351 cm³/mol. The van der Waals surface area contributed by atoms with E-state index in [4.69, 9.17) is 0 Å². The summed E-state index contributed by atoms with van der Waals surface area (Å²) in [5, 5.41) is 26.1. The van der Waals surface area contributed by atoms with Crippen molar-refractivity contribution in [1.29, 1.82) is 0 Å². The highest BCUT2D eigenvalue weighted by atomic mass is 19.3. The summed E-state index contributed by atoms with van der Waals surface area (Å²) in [6.07, 6.45) is -11.8. The molecule has 0 radical (unpaired) electrons. The Hall–Kier alpha value is -5.67. The molecule has 0 spiro atoms. The lowest BCUT2D eigenvalue weighted by Gasteiger charge is -2.42. The summed E-state index contributed by atoms with van der Waals surface area (Å²) in [4.78, 5) is 172. The van der Waals surface area contributed by atoms with Crippen LogP contribution in [0.2, 0.25) is 0 Å². The number of rotatable bonds is 17. The van der Waals surface area contributed by atoms with Crippen molar-refractivity contribution in [2.75, 3.05) is 75.6 Å². The molecule has 3 N–H and O–H groups in total. The molecule has 13 atom stereocenters. The fraction of sp³-hybridized carbons (Fsp3) is 0.838. The average molecular weight is 1360 g/mol. The number of ketones is 3. The van der Waals surface area contributed by atoms with E-state index >= 15 is 19.2 Å². The summed E-state index contributed by atoms with van der Waals surface area (Å²) >= 11 is 0. The summed E-state index contributed by atoms with van der Waals surface area (Å²) in [7, 11) is 9.36. The van der Waals surface area contributed by atoms with Crippen molar-refractivity contribution >= 4 is 64.6 Å². The van der Waals surface area contributed by atoms with Crippen LogP contribution in [-0.2, 0) is 57.5 Å². The lowest BCUT2D eigenvalue weighted by Crippen LogP contribution is -2.62. The monoisotopic (exact) mass is 1360 g/mol. The molecule has 546 valence electrons. The highest BCUT2D eigenvalue weighted by Crippen LogP contribution is 2.35. The van der Waals surface area contributed by atoms with E-state index < -0.39 is 199 Å². The number of likely N-dealkylation sites (N-methyl/N-ethyl adjacent to an activating group) is 7. The molecule has 2 fully saturated rings. The number of morpholine rings is 1. The van der Waals surface area contributed by atoms with Gasteiger partial charge in [-0.2, -0.15) is 17.6 Å². The number of carbonyl (C=O) groups excluding carboxylic acids is 11. The number of halogens is 4. The first-order valence-electron chi connectivity index (χ1n) is 33.8. The predicted octanol–water partition coefficient (Wildman–Crippen LogP) is 5.84. The fourth-order valence-electron chi connectivity index (χ4n) is 12.9. The summed E-state index contributed by atoms with van der Waals surface area (Å²) in [5.74, 6) is -14.3. The Kier molecular flexibility index (Phi) is 33.1. The van der Waals surface area contributed by atoms with E-state index in [1.165, 1.54) is 84.8 Å². The van der Waals surface area contributed by atoms with E-state index in [0.717, 1.165) is 24.5 Å². The Labute approximate surface area is 562 Å². The highest BCUT2D eigenvalue weighted by Gasteiger charge is 2.52. The molecule has 0 bridgehead atoms. The molecule has 27 heteroatoms. The molecule has 2 saturated heterocycles. The van der Waals surface area contributed by atoms with Gasteiger partial charge >= 0.3 is 12.2 Å². The van der Waals surface area contributed by atoms with Crippen LogP contribution >= 0.6 is 0 Å². The van der Waals surface area contributed by atoms with E-state index in [2.05, 4.69) is 10.1 Å². The third kappa shape index (κ3) is 23.5. The van der Waals surface area contributed by atoms with Gasteiger partial charge in [-0.3, -0.25) is 62.4 Å². The number of ether oxygens (including phenoxy) is 1. The zero-order valence-electron chi connectivity index (χ0n) is 61.0. The average Bonchev–Trinajstić information content (AvgIpc) is 0.839. The molecule has 95 heavy (non-hydrogen) atoms. The smallest absolute Gasteiger partial charge is 0.372 e. The maximum absolute atomic E-state index is 15.4. The van der Waals surface area contributed by atoms with Crippen molar-refractivity contribution in [3.05, 3.63) is 0 Å². The van der Waals surface area contributed by atoms with Crippen molar-refractivity contribution in [2.24, 2.45) is 59.2 Å². The SMILES string of the molecule is CC[C@H]1CC(=O)[C@@H]([C@H](O)[C@H](C)CCN2CC(F)(F)OC(F)(F)C2)N(C)C(=O)[C@@H](C(C)C)N(C)C(=O)[C@@H](CC(C)C)N(C)C(=O)[C@@H](CC(C)C)N(C)C(=O)[C@H](C)NC(=O)[C@@H](C)CC(=O)[C@@H](CC(C)C)N(C)C(=O)[C@@H](C(C)C)CC(=O)[C@H](CC(C)C)N(C)C(=O)[C@@H](CO)N(C)C1=O. The zero-order chi connectivity index (χ0) is 73.5. The number of amides is 8. The number of aliphatic hydroxyl groups excluding tert-OH is 2. The Morgan fingerprint density at radius 3 is 1.31 bits per heavy atom. The third-order valence-corrected chi connectivity index (χ3v) is 18.8. The van der Waals surface area contributed by atoms with E-state index in [9.17, 15) is 61.3 Å². The van der Waals surface area contributed by atoms with Gasteiger partial charge < -0.3 is 49.8 Å². The molecule has 0 aromatic rings. The van der Waals surface area contributed by atoms with Crippen LogP contribution in [0.15, 0.2) is 0 Å². The fourth-order valence-corrected chi connectivity index (χ4v) is 12.9. The first kappa shape index (κ1) is 85.4. The molecule has 0 aliphatic carbocycles. The summed E-state index contributed by atoms with van der Waals surface area (Å²) in [5.41, 5.74) is 0. The van der Waals surface area contributed by atoms with Gasteiger partial charge in [0.2, 0.25) is 47.3 Å². The quantitative estimate of drug-likeness (QED) is 0.144. The number of hydrogen-bond acceptors (Lipinski definition) is 15. The number of alkyl halides is 4. The molecular weight excluding hydrogens is 1240 g/mol. The number of Topliss-reactive ketones (excluding diaryl/α,β-unsaturated/α-hetero) is 3. The van der Waals surface area contributed by atoms with Crippen LogP contribution < -0.4 is 5.32 Å². The van der Waals surface area contributed by atoms with Crippen LogP contribution in [0.25, 0.3) is 0 Å². The minimum absolute atomic E-state index is 0.0462. The van der Waals surface area contributed by atoms with Crippen LogP contribution in [-0.4, -0.2) is 256 Å². The number of hydrogen-bond donors (Lipinski definition) is 3. The number of nitrogens with one attached hydrogen (secondary N) is 1. The van der Waals surface area contributed by atoms with Gasteiger partial charge in [-0.1, -0.05) is 104 Å². The molecule has 2 aliphatic rings. The van der Waals surface area contributed by atoms with Crippen LogP contribution in [0.4, 0.5) is 17.6 Å². The summed E-state index contributed by atoms with van der Waals surface area (Å²) < 4.78 is 61.3. The second-order valence-electron chi connectivity index (χ2n) is 29.5. The van der Waals surface area contributed by atoms with Gasteiger partial charge in [0.15, 0.2) is 17.3 Å². The minimum Gasteiger partial charge on any atom is -0.394 e. The molecule has 23 nitrogen and oxygen atoms in total. The molecule has 0 aromatic carbocycles. The van der Waals surface area contributed by atoms with E-state index in [-0.39, 0.29) is 75.0 Å². The van der Waals surface area contributed by atoms with Gasteiger partial charge in [0.25, 0.3) is 0 Å². The molecule has 2 heterocycles. The topological polar surface area (TPSA) is 275 Å². The molecule has 0 aromatic heterocycles. The van der Waals surface area contributed by atoms with Gasteiger partial charge in [-0.05, 0) is 93.4 Å². The van der Waals surface area contributed by atoms with E-state index in [1.807, 2.05) is 55.4 Å². The van der Waals surface area contributed by atoms with Gasteiger partial charge in [0, 0.05) is 86.3 Å². The minimum atomic E-state index is -4.23. The lowest BCUT2D eigenvalue weighted by atomic mass is 9.84. The number of aliphatic hydroxyl groups is 2. The molecule has 2 aliphatic heterocycles. The van der Waals surface area contributed by atoms with Crippen molar-refractivity contribution in [3.8, 4) is 0 Å². The van der Waals surface area contributed by atoms with Gasteiger partial charge in [0.1, 0.15) is 36.3 Å².